The van der Waals surface area contributed by atoms with Crippen LogP contribution in [0.4, 0.5) is 0 Å². The Kier molecular flexibility index (Phi) is 1.44. The number of hydrogen-bond acceptors (Lipinski definition) is 2. The molecular weight excluding hydrogens is 138 g/mol. The van der Waals surface area contributed by atoms with E-state index in [4.69, 9.17) is 0 Å². The van der Waals surface area contributed by atoms with E-state index in [1.807, 2.05) is 17.8 Å². The Morgan fingerprint density at radius 2 is 2.27 bits per heavy atom. The summed E-state index contributed by atoms with van der Waals surface area (Å²) in [5, 5.41) is 8.00. The predicted octanol–water partition coefficient (Wildman–Crippen LogP) is 1.56. The molecule has 0 amide bonds. The Morgan fingerprint density at radius 3 is 2.73 bits per heavy atom. The first-order valence-corrected chi connectivity index (χ1v) is 4.14. The zero-order valence-corrected chi connectivity index (χ0v) is 6.99. The van der Waals surface area contributed by atoms with Crippen molar-refractivity contribution in [3.8, 4) is 0 Å². The molecule has 0 aliphatic heterocycles. The van der Waals surface area contributed by atoms with Crippen LogP contribution in [0.1, 0.15) is 31.5 Å². The third kappa shape index (κ3) is 1.15. The van der Waals surface area contributed by atoms with E-state index in [1.54, 1.807) is 0 Å². The summed E-state index contributed by atoms with van der Waals surface area (Å²) in [7, 11) is 0. The van der Waals surface area contributed by atoms with Gasteiger partial charge in [-0.15, -0.1) is 5.10 Å². The highest BCUT2D eigenvalue weighted by Gasteiger charge is 2.27. The molecule has 0 spiro atoms. The van der Waals surface area contributed by atoms with Crippen LogP contribution >= 0.6 is 0 Å². The van der Waals surface area contributed by atoms with E-state index in [2.05, 4.69) is 17.2 Å². The van der Waals surface area contributed by atoms with Gasteiger partial charge in [0.1, 0.15) is 0 Å². The molecule has 1 aromatic rings. The minimum atomic E-state index is 0.631. The van der Waals surface area contributed by atoms with Crippen molar-refractivity contribution >= 4 is 0 Å². The van der Waals surface area contributed by atoms with Crippen molar-refractivity contribution in [1.82, 2.24) is 15.0 Å². The molecule has 11 heavy (non-hydrogen) atoms. The highest BCUT2D eigenvalue weighted by molar-refractivity contribution is 4.91. The molecule has 0 saturated heterocycles. The minimum absolute atomic E-state index is 0.631. The predicted molar refractivity (Wildman–Crippen MR) is 42.2 cm³/mol. The maximum Gasteiger partial charge on any atom is 0.0796 e. The minimum Gasteiger partial charge on any atom is -0.249 e. The smallest absolute Gasteiger partial charge is 0.0796 e. The van der Waals surface area contributed by atoms with Crippen LogP contribution < -0.4 is 0 Å². The van der Waals surface area contributed by atoms with Crippen LogP contribution in [0.25, 0.3) is 0 Å². The Labute approximate surface area is 66.4 Å². The molecule has 1 fully saturated rings. The molecule has 60 valence electrons. The van der Waals surface area contributed by atoms with Crippen LogP contribution in [0, 0.1) is 12.8 Å². The highest BCUT2D eigenvalue weighted by Crippen LogP contribution is 2.36. The summed E-state index contributed by atoms with van der Waals surface area (Å²) in [6.07, 6.45) is 4.56. The fourth-order valence-corrected chi connectivity index (χ4v) is 1.62. The van der Waals surface area contributed by atoms with Gasteiger partial charge in [0.15, 0.2) is 0 Å². The van der Waals surface area contributed by atoms with Gasteiger partial charge in [0.05, 0.1) is 11.7 Å². The Bertz CT molecular complexity index is 248. The topological polar surface area (TPSA) is 30.7 Å². The third-order valence-corrected chi connectivity index (χ3v) is 2.35. The van der Waals surface area contributed by atoms with Gasteiger partial charge in [-0.1, -0.05) is 12.1 Å². The molecule has 0 bridgehead atoms. The van der Waals surface area contributed by atoms with Gasteiger partial charge in [-0.05, 0) is 25.7 Å². The average molecular weight is 151 g/mol. The molecule has 1 saturated carbocycles. The summed E-state index contributed by atoms with van der Waals surface area (Å²) in [5.74, 6) is 0.879. The second kappa shape index (κ2) is 2.32. The van der Waals surface area contributed by atoms with Crippen LogP contribution in [-0.2, 0) is 0 Å². The van der Waals surface area contributed by atoms with Gasteiger partial charge in [0, 0.05) is 6.20 Å². The summed E-state index contributed by atoms with van der Waals surface area (Å²) in [4.78, 5) is 0. The molecule has 3 heteroatoms. The molecule has 3 nitrogen and oxygen atoms in total. The van der Waals surface area contributed by atoms with E-state index < -0.39 is 0 Å². The first-order chi connectivity index (χ1) is 5.25. The van der Waals surface area contributed by atoms with Crippen molar-refractivity contribution < 1.29 is 0 Å². The first-order valence-electron chi connectivity index (χ1n) is 4.14. The van der Waals surface area contributed by atoms with E-state index in [0.717, 1.165) is 11.6 Å². The fourth-order valence-electron chi connectivity index (χ4n) is 1.62. The van der Waals surface area contributed by atoms with Gasteiger partial charge < -0.3 is 0 Å². The third-order valence-electron chi connectivity index (χ3n) is 2.35. The maximum atomic E-state index is 4.04. The monoisotopic (exact) mass is 151 g/mol. The average Bonchev–Trinajstić information content (AvgIpc) is 2.29. The SMILES string of the molecule is Cc1cn(C2CC(C)C2)nn1. The van der Waals surface area contributed by atoms with Crippen molar-refractivity contribution in [3.63, 3.8) is 0 Å². The number of aryl methyl sites for hydroxylation is 1. The molecule has 0 radical (unpaired) electrons. The summed E-state index contributed by atoms with van der Waals surface area (Å²) >= 11 is 0. The van der Waals surface area contributed by atoms with Crippen molar-refractivity contribution in [2.45, 2.75) is 32.7 Å². The van der Waals surface area contributed by atoms with Crippen molar-refractivity contribution in [2.24, 2.45) is 5.92 Å². The van der Waals surface area contributed by atoms with Crippen LogP contribution in [-0.4, -0.2) is 15.0 Å². The molecule has 0 N–H and O–H groups in total. The van der Waals surface area contributed by atoms with Gasteiger partial charge >= 0.3 is 0 Å². The number of aromatic nitrogens is 3. The van der Waals surface area contributed by atoms with Gasteiger partial charge in [-0.2, -0.15) is 0 Å². The lowest BCUT2D eigenvalue weighted by Gasteiger charge is -2.32. The van der Waals surface area contributed by atoms with E-state index in [-0.39, 0.29) is 0 Å². The Balaban J connectivity index is 2.07. The maximum absolute atomic E-state index is 4.04. The zero-order valence-electron chi connectivity index (χ0n) is 6.99. The van der Waals surface area contributed by atoms with Gasteiger partial charge in [-0.25, -0.2) is 4.68 Å². The summed E-state index contributed by atoms with van der Waals surface area (Å²) in [5.41, 5.74) is 1.02. The molecule has 0 aromatic carbocycles. The van der Waals surface area contributed by atoms with Crippen LogP contribution in [0.5, 0.6) is 0 Å². The fraction of sp³-hybridized carbons (Fsp3) is 0.750. The van der Waals surface area contributed by atoms with E-state index in [9.17, 15) is 0 Å². The second-order valence-corrected chi connectivity index (χ2v) is 3.57. The van der Waals surface area contributed by atoms with Crippen LogP contribution in [0.2, 0.25) is 0 Å². The standard InChI is InChI=1S/C8H13N3/c1-6-3-8(4-6)11-5-7(2)9-10-11/h5-6,8H,3-4H2,1-2H3. The Morgan fingerprint density at radius 1 is 1.55 bits per heavy atom. The van der Waals surface area contributed by atoms with E-state index in [1.165, 1.54) is 12.8 Å². The molecule has 1 aliphatic rings. The molecular formula is C8H13N3. The lowest BCUT2D eigenvalue weighted by Crippen LogP contribution is -2.25. The molecule has 1 aliphatic carbocycles. The quantitative estimate of drug-likeness (QED) is 0.609. The van der Waals surface area contributed by atoms with E-state index in [0.29, 0.717) is 6.04 Å². The number of hydrogen-bond donors (Lipinski definition) is 0. The molecule has 0 unspecified atom stereocenters. The highest BCUT2D eigenvalue weighted by atomic mass is 15.4. The second-order valence-electron chi connectivity index (χ2n) is 3.57. The summed E-state index contributed by atoms with van der Waals surface area (Å²) in [6.45, 7) is 4.26. The van der Waals surface area contributed by atoms with Gasteiger partial charge in [-0.3, -0.25) is 0 Å². The van der Waals surface area contributed by atoms with Crippen LogP contribution in [0.15, 0.2) is 6.20 Å². The van der Waals surface area contributed by atoms with Crippen LogP contribution in [0.3, 0.4) is 0 Å². The van der Waals surface area contributed by atoms with Crippen molar-refractivity contribution in [3.05, 3.63) is 11.9 Å². The van der Waals surface area contributed by atoms with Crippen molar-refractivity contribution in [2.75, 3.05) is 0 Å². The number of nitrogens with zero attached hydrogens (tertiary/aromatic N) is 3. The molecule has 2 rings (SSSR count). The molecule has 1 heterocycles. The summed E-state index contributed by atoms with van der Waals surface area (Å²) in [6, 6.07) is 0.631. The molecule has 0 atom stereocenters. The lowest BCUT2D eigenvalue weighted by molar-refractivity contribution is 0.197. The first kappa shape index (κ1) is 6.83. The largest absolute Gasteiger partial charge is 0.249 e. The van der Waals surface area contributed by atoms with Gasteiger partial charge in [0.25, 0.3) is 0 Å². The summed E-state index contributed by atoms with van der Waals surface area (Å²) < 4.78 is 2.00. The van der Waals surface area contributed by atoms with Crippen molar-refractivity contribution in [1.29, 1.82) is 0 Å². The normalized spacial score (nSPS) is 30.0. The lowest BCUT2D eigenvalue weighted by atomic mass is 9.82. The van der Waals surface area contributed by atoms with Gasteiger partial charge in [0.2, 0.25) is 0 Å². The molecule has 1 aromatic heterocycles. The number of rotatable bonds is 1. The van der Waals surface area contributed by atoms with E-state index >= 15 is 0 Å². The zero-order chi connectivity index (χ0) is 7.84. The Hall–Kier alpha value is -0.860.